The van der Waals surface area contributed by atoms with Gasteiger partial charge in [-0.25, -0.2) is 14.4 Å². The predicted octanol–water partition coefficient (Wildman–Crippen LogP) is 2.08. The van der Waals surface area contributed by atoms with Crippen molar-refractivity contribution in [1.29, 1.82) is 0 Å². The van der Waals surface area contributed by atoms with Crippen LogP contribution in [-0.2, 0) is 29.9 Å². The number of benzene rings is 1. The number of aliphatic carboxylic acids is 1. The van der Waals surface area contributed by atoms with Gasteiger partial charge in [0.2, 0.25) is 11.8 Å². The minimum Gasteiger partial charge on any atom is -0.480 e. The zero-order valence-corrected chi connectivity index (χ0v) is 20.7. The molecule has 2 amide bonds. The number of rotatable bonds is 13. The molecule has 0 aliphatic heterocycles. The average Bonchev–Trinajstić information content (AvgIpc) is 2.78. The molecule has 0 bridgehead atoms. The van der Waals surface area contributed by atoms with Crippen LogP contribution in [0.25, 0.3) is 11.3 Å². The molecule has 1 aromatic carbocycles. The Morgan fingerprint density at radius 1 is 1.09 bits per heavy atom. The molecule has 12 heteroatoms. The summed E-state index contributed by atoms with van der Waals surface area (Å²) in [4.78, 5) is 50.0. The number of pyridine rings is 1. The van der Waals surface area contributed by atoms with E-state index in [0.717, 1.165) is 11.3 Å². The summed E-state index contributed by atoms with van der Waals surface area (Å²) in [6, 6.07) is 10.2. The van der Waals surface area contributed by atoms with E-state index >= 15 is 0 Å². The normalized spacial score (nSPS) is 14.5. The van der Waals surface area contributed by atoms with Crippen LogP contribution in [0.1, 0.15) is 32.8 Å². The molecule has 5 N–H and O–H groups in total. The minimum atomic E-state index is -4.46. The quantitative estimate of drug-likeness (QED) is 0.202. The first-order valence-corrected chi connectivity index (χ1v) is 12.6. The Kier molecular flexibility index (Phi) is 10.5. The van der Waals surface area contributed by atoms with Gasteiger partial charge in [0.25, 0.3) is 0 Å². The van der Waals surface area contributed by atoms with Crippen molar-refractivity contribution in [2.24, 2.45) is 5.92 Å². The zero-order valence-electron chi connectivity index (χ0n) is 19.8. The fourth-order valence-electron chi connectivity index (χ4n) is 3.20. The first kappa shape index (κ1) is 28.1. The van der Waals surface area contributed by atoms with Gasteiger partial charge in [0.1, 0.15) is 12.8 Å². The summed E-state index contributed by atoms with van der Waals surface area (Å²) in [6.45, 7) is 4.30. The molecule has 1 unspecified atom stereocenters. The van der Waals surface area contributed by atoms with Gasteiger partial charge in [-0.2, -0.15) is 0 Å². The molecule has 0 saturated heterocycles. The van der Waals surface area contributed by atoms with Gasteiger partial charge in [-0.1, -0.05) is 44.2 Å². The molecular formula is C23H31N4O7P. The van der Waals surface area contributed by atoms with Crippen LogP contribution in [0.4, 0.5) is 0 Å². The maximum atomic E-state index is 12.9. The molecule has 0 radical (unpaired) electrons. The third-order valence-corrected chi connectivity index (χ3v) is 5.99. The highest BCUT2D eigenvalue weighted by molar-refractivity contribution is 7.50. The van der Waals surface area contributed by atoms with E-state index in [1.807, 2.05) is 30.3 Å². The summed E-state index contributed by atoms with van der Waals surface area (Å²) in [5.41, 5.74) is 2.32. The molecule has 1 aromatic heterocycles. The number of carboxylic acid groups (broad SMARTS) is 1. The van der Waals surface area contributed by atoms with Crippen molar-refractivity contribution >= 4 is 25.5 Å². The maximum absolute atomic E-state index is 12.9. The maximum Gasteiger partial charge on any atom is 0.405 e. The second kappa shape index (κ2) is 13.1. The molecule has 0 spiro atoms. The lowest BCUT2D eigenvalue weighted by atomic mass is 10.0. The average molecular weight is 506 g/mol. The first-order valence-electron chi connectivity index (χ1n) is 11.0. The van der Waals surface area contributed by atoms with Gasteiger partial charge < -0.3 is 20.6 Å². The van der Waals surface area contributed by atoms with Gasteiger partial charge in [0.05, 0.1) is 11.7 Å². The van der Waals surface area contributed by atoms with Crippen LogP contribution in [0.15, 0.2) is 48.7 Å². The van der Waals surface area contributed by atoms with Gasteiger partial charge in [0, 0.05) is 25.1 Å². The van der Waals surface area contributed by atoms with Crippen molar-refractivity contribution in [2.75, 3.05) is 6.73 Å². The predicted molar refractivity (Wildman–Crippen MR) is 129 cm³/mol. The van der Waals surface area contributed by atoms with Crippen LogP contribution < -0.4 is 15.7 Å². The van der Waals surface area contributed by atoms with Crippen molar-refractivity contribution in [2.45, 2.75) is 45.7 Å². The molecule has 2 rings (SSSR count). The van der Waals surface area contributed by atoms with Crippen LogP contribution in [0.3, 0.4) is 0 Å². The molecule has 11 nitrogen and oxygen atoms in total. The van der Waals surface area contributed by atoms with E-state index in [9.17, 15) is 28.9 Å². The zero-order chi connectivity index (χ0) is 26.0. The van der Waals surface area contributed by atoms with Crippen molar-refractivity contribution in [3.63, 3.8) is 0 Å². The fraction of sp³-hybridized carbons (Fsp3) is 0.391. The van der Waals surface area contributed by atoms with Crippen LogP contribution in [-0.4, -0.2) is 51.6 Å². The highest BCUT2D eigenvalue weighted by atomic mass is 31.2. The number of hydrogen-bond acceptors (Lipinski definition) is 6. The Morgan fingerprint density at radius 3 is 2.31 bits per heavy atom. The summed E-state index contributed by atoms with van der Waals surface area (Å²) >= 11 is 0. The van der Waals surface area contributed by atoms with E-state index in [-0.39, 0.29) is 18.8 Å². The topological polar surface area (TPSA) is 167 Å². The van der Waals surface area contributed by atoms with E-state index < -0.39 is 44.3 Å². The largest absolute Gasteiger partial charge is 0.480 e. The standard InChI is InChI=1S/C23H31N4O7P/c1-15(2)12-20(27-35(32,33)34-14-25-16(3)28)22(29)26-21(23(30)31)13-17-7-9-18(10-8-17)19-6-4-5-11-24-19/h4-11,15,20-21H,12-14H2,1-3H3,(H,25,28)(H,26,29)(H,30,31)(H2,27,32,33)/t20-,21-/m0/s1. The second-order valence-corrected chi connectivity index (χ2v) is 9.91. The SMILES string of the molecule is CC(=O)NCOP(=O)(O)N[C@@H](CC(C)C)C(=O)N[C@@H](Cc1ccc(-c2ccccn2)cc1)C(=O)O. The molecular weight excluding hydrogens is 475 g/mol. The summed E-state index contributed by atoms with van der Waals surface area (Å²) in [7, 11) is -4.46. The number of nitrogens with zero attached hydrogens (tertiary/aromatic N) is 1. The smallest absolute Gasteiger partial charge is 0.405 e. The Bertz CT molecular complexity index is 1050. The highest BCUT2D eigenvalue weighted by Gasteiger charge is 2.32. The minimum absolute atomic E-state index is 0.00773. The van der Waals surface area contributed by atoms with Gasteiger partial charge in [-0.15, -0.1) is 0 Å². The van der Waals surface area contributed by atoms with E-state index in [1.165, 1.54) is 6.92 Å². The Labute approximate surface area is 203 Å². The first-order chi connectivity index (χ1) is 16.5. The molecule has 0 aliphatic rings. The number of carbonyl (C=O) groups excluding carboxylic acids is 2. The molecule has 35 heavy (non-hydrogen) atoms. The van der Waals surface area contributed by atoms with Crippen LogP contribution in [0, 0.1) is 5.92 Å². The number of carboxylic acids is 1. The lowest BCUT2D eigenvalue weighted by Crippen LogP contribution is -2.50. The highest BCUT2D eigenvalue weighted by Crippen LogP contribution is 2.37. The van der Waals surface area contributed by atoms with Crippen molar-refractivity contribution in [3.8, 4) is 11.3 Å². The fourth-order valence-corrected chi connectivity index (χ4v) is 4.13. The number of aromatic nitrogens is 1. The van der Waals surface area contributed by atoms with E-state index in [0.29, 0.717) is 5.56 Å². The monoisotopic (exact) mass is 506 g/mol. The molecule has 0 fully saturated rings. The van der Waals surface area contributed by atoms with E-state index in [2.05, 4.69) is 20.7 Å². The molecule has 0 saturated carbocycles. The van der Waals surface area contributed by atoms with E-state index in [1.54, 1.807) is 32.2 Å². The van der Waals surface area contributed by atoms with Crippen LogP contribution in [0.2, 0.25) is 0 Å². The van der Waals surface area contributed by atoms with Crippen LogP contribution >= 0.6 is 7.75 Å². The summed E-state index contributed by atoms with van der Waals surface area (Å²) in [5, 5.41) is 16.6. The molecule has 0 aliphatic carbocycles. The van der Waals surface area contributed by atoms with Gasteiger partial charge in [-0.05, 0) is 30.0 Å². The van der Waals surface area contributed by atoms with Gasteiger partial charge in [0.15, 0.2) is 0 Å². The Hall–Kier alpha value is -3.11. The number of nitrogens with one attached hydrogen (secondary N) is 3. The summed E-state index contributed by atoms with van der Waals surface area (Å²) in [6.07, 6.45) is 1.83. The van der Waals surface area contributed by atoms with Crippen molar-refractivity contribution in [1.82, 2.24) is 20.7 Å². The summed E-state index contributed by atoms with van der Waals surface area (Å²) in [5.74, 6) is -2.52. The Balaban J connectivity index is 2.08. The molecule has 1 heterocycles. The van der Waals surface area contributed by atoms with Gasteiger partial charge >= 0.3 is 13.7 Å². The number of amides is 2. The summed E-state index contributed by atoms with van der Waals surface area (Å²) < 4.78 is 17.1. The molecule has 190 valence electrons. The van der Waals surface area contributed by atoms with Crippen molar-refractivity contribution < 1.29 is 33.5 Å². The van der Waals surface area contributed by atoms with E-state index in [4.69, 9.17) is 4.52 Å². The molecule has 2 aromatic rings. The van der Waals surface area contributed by atoms with Crippen LogP contribution in [0.5, 0.6) is 0 Å². The number of carbonyl (C=O) groups is 3. The third kappa shape index (κ3) is 9.96. The van der Waals surface area contributed by atoms with Gasteiger partial charge in [-0.3, -0.25) is 19.1 Å². The number of hydrogen-bond donors (Lipinski definition) is 5. The third-order valence-electron chi connectivity index (χ3n) is 4.87. The molecule has 3 atom stereocenters. The lowest BCUT2D eigenvalue weighted by Gasteiger charge is -2.24. The van der Waals surface area contributed by atoms with Crippen molar-refractivity contribution in [3.05, 3.63) is 54.2 Å². The second-order valence-electron chi connectivity index (χ2n) is 8.35. The lowest BCUT2D eigenvalue weighted by molar-refractivity contribution is -0.142. The Morgan fingerprint density at radius 2 is 1.77 bits per heavy atom.